The van der Waals surface area contributed by atoms with Gasteiger partial charge in [0.15, 0.2) is 0 Å². The van der Waals surface area contributed by atoms with E-state index in [4.69, 9.17) is 0 Å². The van der Waals surface area contributed by atoms with Gasteiger partial charge in [-0.3, -0.25) is 4.79 Å². The Balaban J connectivity index is 2.76. The molecule has 1 aromatic rings. The van der Waals surface area contributed by atoms with Crippen LogP contribution in [0.25, 0.3) is 0 Å². The normalized spacial score (nSPS) is 10.5. The Morgan fingerprint density at radius 1 is 1.47 bits per heavy atom. The van der Waals surface area contributed by atoms with Gasteiger partial charge in [-0.05, 0) is 24.1 Å². The van der Waals surface area contributed by atoms with Crippen molar-refractivity contribution in [2.45, 2.75) is 18.7 Å². The van der Waals surface area contributed by atoms with Crippen LogP contribution < -0.4 is 0 Å². The third kappa shape index (κ3) is 3.59. The van der Waals surface area contributed by atoms with Crippen LogP contribution in [0.4, 0.5) is 0 Å². The van der Waals surface area contributed by atoms with Gasteiger partial charge < -0.3 is 4.90 Å². The average Bonchev–Trinajstić information content (AvgIpc) is 2.15. The van der Waals surface area contributed by atoms with Gasteiger partial charge >= 0.3 is 0 Å². The minimum atomic E-state index is 0.0552. The summed E-state index contributed by atoms with van der Waals surface area (Å²) >= 11 is 4.22. The highest BCUT2D eigenvalue weighted by Crippen LogP contribution is 2.11. The molecule has 1 amide bonds. The monoisotopic (exact) mass is 223 g/mol. The number of hydrogen-bond acceptors (Lipinski definition) is 2. The van der Waals surface area contributed by atoms with Crippen LogP contribution in [0.3, 0.4) is 0 Å². The van der Waals surface area contributed by atoms with Crippen LogP contribution in [0.15, 0.2) is 29.2 Å². The van der Waals surface area contributed by atoms with Crippen molar-refractivity contribution in [1.29, 1.82) is 0 Å². The molecule has 0 saturated heterocycles. The van der Waals surface area contributed by atoms with Crippen LogP contribution in [0.2, 0.25) is 0 Å². The van der Waals surface area contributed by atoms with Gasteiger partial charge in [-0.25, -0.2) is 0 Å². The zero-order chi connectivity index (χ0) is 11.4. The summed E-state index contributed by atoms with van der Waals surface area (Å²) in [5.41, 5.74) is 0.700. The van der Waals surface area contributed by atoms with E-state index in [-0.39, 0.29) is 5.91 Å². The number of thiol groups is 1. The van der Waals surface area contributed by atoms with E-state index in [1.807, 2.05) is 25.2 Å². The maximum Gasteiger partial charge on any atom is 0.253 e. The standard InChI is InChI=1S/C12H17NOS/c1-9(2)8-13(3)12(14)10-5-4-6-11(15)7-10/h4-7,9,15H,8H2,1-3H3. The maximum atomic E-state index is 11.9. The van der Waals surface area contributed by atoms with Gasteiger partial charge in [-0.1, -0.05) is 19.9 Å². The van der Waals surface area contributed by atoms with Crippen molar-refractivity contribution in [1.82, 2.24) is 4.90 Å². The van der Waals surface area contributed by atoms with Gasteiger partial charge in [-0.15, -0.1) is 12.6 Å². The summed E-state index contributed by atoms with van der Waals surface area (Å²) in [6, 6.07) is 7.32. The Kier molecular flexibility index (Phi) is 4.21. The van der Waals surface area contributed by atoms with E-state index in [9.17, 15) is 4.79 Å². The number of carbonyl (C=O) groups is 1. The Hall–Kier alpha value is -0.960. The SMILES string of the molecule is CC(C)CN(C)C(=O)c1cccc(S)c1. The first-order valence-corrected chi connectivity index (χ1v) is 5.50. The summed E-state index contributed by atoms with van der Waals surface area (Å²) in [6.07, 6.45) is 0. The lowest BCUT2D eigenvalue weighted by molar-refractivity contribution is 0.0779. The molecule has 3 heteroatoms. The van der Waals surface area contributed by atoms with Crippen LogP contribution >= 0.6 is 12.6 Å². The molecule has 0 aliphatic carbocycles. The first-order chi connectivity index (χ1) is 7.00. The van der Waals surface area contributed by atoms with Crippen LogP contribution in [-0.2, 0) is 0 Å². The highest BCUT2D eigenvalue weighted by molar-refractivity contribution is 7.80. The van der Waals surface area contributed by atoms with E-state index >= 15 is 0 Å². The molecule has 2 nitrogen and oxygen atoms in total. The molecular formula is C12H17NOS. The lowest BCUT2D eigenvalue weighted by Crippen LogP contribution is -2.30. The van der Waals surface area contributed by atoms with Crippen molar-refractivity contribution >= 4 is 18.5 Å². The third-order valence-corrected chi connectivity index (χ3v) is 2.36. The summed E-state index contributed by atoms with van der Waals surface area (Å²) < 4.78 is 0. The number of carbonyl (C=O) groups excluding carboxylic acids is 1. The van der Waals surface area contributed by atoms with Gasteiger partial charge in [0.1, 0.15) is 0 Å². The zero-order valence-corrected chi connectivity index (χ0v) is 10.3. The number of rotatable bonds is 3. The van der Waals surface area contributed by atoms with Crippen molar-refractivity contribution in [3.63, 3.8) is 0 Å². The topological polar surface area (TPSA) is 20.3 Å². The quantitative estimate of drug-likeness (QED) is 0.781. The first-order valence-electron chi connectivity index (χ1n) is 5.05. The molecule has 0 heterocycles. The number of nitrogens with zero attached hydrogens (tertiary/aromatic N) is 1. The van der Waals surface area contributed by atoms with Crippen molar-refractivity contribution in [2.24, 2.45) is 5.92 Å². The van der Waals surface area contributed by atoms with Crippen molar-refractivity contribution < 1.29 is 4.79 Å². The second-order valence-electron chi connectivity index (χ2n) is 4.13. The number of hydrogen-bond donors (Lipinski definition) is 1. The molecule has 0 radical (unpaired) electrons. The van der Waals surface area contributed by atoms with E-state index in [0.29, 0.717) is 11.5 Å². The Morgan fingerprint density at radius 3 is 2.67 bits per heavy atom. The largest absolute Gasteiger partial charge is 0.341 e. The highest BCUT2D eigenvalue weighted by Gasteiger charge is 2.12. The molecule has 0 unspecified atom stereocenters. The Bertz CT molecular complexity index is 349. The summed E-state index contributed by atoms with van der Waals surface area (Å²) in [5.74, 6) is 0.540. The molecule has 0 spiro atoms. The Morgan fingerprint density at radius 2 is 2.13 bits per heavy atom. The van der Waals surface area contributed by atoms with E-state index in [2.05, 4.69) is 26.5 Å². The summed E-state index contributed by atoms with van der Waals surface area (Å²) in [6.45, 7) is 4.97. The van der Waals surface area contributed by atoms with E-state index in [1.54, 1.807) is 11.0 Å². The maximum absolute atomic E-state index is 11.9. The van der Waals surface area contributed by atoms with Gasteiger partial charge in [-0.2, -0.15) is 0 Å². The van der Waals surface area contributed by atoms with E-state index in [0.717, 1.165) is 11.4 Å². The van der Waals surface area contributed by atoms with Crippen LogP contribution in [0.1, 0.15) is 24.2 Å². The molecule has 0 atom stereocenters. The molecule has 1 aromatic carbocycles. The van der Waals surface area contributed by atoms with Crippen LogP contribution in [0.5, 0.6) is 0 Å². The van der Waals surface area contributed by atoms with Gasteiger partial charge in [0.05, 0.1) is 0 Å². The summed E-state index contributed by atoms with van der Waals surface area (Å²) in [7, 11) is 1.83. The highest BCUT2D eigenvalue weighted by atomic mass is 32.1. The Labute approximate surface area is 96.7 Å². The van der Waals surface area contributed by atoms with Gasteiger partial charge in [0.25, 0.3) is 5.91 Å². The lowest BCUT2D eigenvalue weighted by atomic mass is 10.1. The number of benzene rings is 1. The minimum Gasteiger partial charge on any atom is -0.341 e. The molecule has 0 bridgehead atoms. The number of amides is 1. The molecule has 0 aromatic heterocycles. The van der Waals surface area contributed by atoms with E-state index in [1.165, 1.54) is 0 Å². The van der Waals surface area contributed by atoms with Crippen LogP contribution in [-0.4, -0.2) is 24.4 Å². The van der Waals surface area contributed by atoms with Crippen molar-refractivity contribution in [3.8, 4) is 0 Å². The van der Waals surface area contributed by atoms with Crippen LogP contribution in [0, 0.1) is 5.92 Å². The fourth-order valence-corrected chi connectivity index (χ4v) is 1.72. The second-order valence-corrected chi connectivity index (χ2v) is 4.65. The summed E-state index contributed by atoms with van der Waals surface area (Å²) in [5, 5.41) is 0. The molecule has 0 N–H and O–H groups in total. The fraction of sp³-hybridized carbons (Fsp3) is 0.417. The molecule has 0 saturated carbocycles. The molecule has 1 rings (SSSR count). The van der Waals surface area contributed by atoms with E-state index < -0.39 is 0 Å². The molecule has 0 aliphatic rings. The van der Waals surface area contributed by atoms with Crippen molar-refractivity contribution in [2.75, 3.05) is 13.6 Å². The van der Waals surface area contributed by atoms with Gasteiger partial charge in [0.2, 0.25) is 0 Å². The lowest BCUT2D eigenvalue weighted by Gasteiger charge is -2.19. The molecular weight excluding hydrogens is 206 g/mol. The third-order valence-electron chi connectivity index (χ3n) is 2.08. The molecule has 0 aliphatic heterocycles. The fourth-order valence-electron chi connectivity index (χ4n) is 1.49. The zero-order valence-electron chi connectivity index (χ0n) is 9.40. The smallest absolute Gasteiger partial charge is 0.253 e. The predicted octanol–water partition coefficient (Wildman–Crippen LogP) is 2.70. The predicted molar refractivity (Wildman–Crippen MR) is 65.5 cm³/mol. The minimum absolute atomic E-state index is 0.0552. The second kappa shape index (κ2) is 5.21. The molecule has 0 fully saturated rings. The molecule has 15 heavy (non-hydrogen) atoms. The first kappa shape index (κ1) is 12.1. The average molecular weight is 223 g/mol. The summed E-state index contributed by atoms with van der Waals surface area (Å²) in [4.78, 5) is 14.5. The molecule has 82 valence electrons. The van der Waals surface area contributed by atoms with Gasteiger partial charge in [0, 0.05) is 24.1 Å². The van der Waals surface area contributed by atoms with Crippen molar-refractivity contribution in [3.05, 3.63) is 29.8 Å².